The Kier molecular flexibility index (Phi) is 5.44. The predicted molar refractivity (Wildman–Crippen MR) is 94.3 cm³/mol. The van der Waals surface area contributed by atoms with Gasteiger partial charge in [0.05, 0.1) is 10.6 Å². The molecule has 0 aliphatic heterocycles. The number of rotatable bonds is 6. The van der Waals surface area contributed by atoms with E-state index in [1.165, 1.54) is 25.1 Å². The Hall–Kier alpha value is -2.45. The van der Waals surface area contributed by atoms with Gasteiger partial charge in [-0.25, -0.2) is 8.42 Å². The smallest absolute Gasteiger partial charge is 0.279 e. The SMILES string of the molecule is Cc1ccccc1N(C(C)C(=O)Cl)S(=O)(=O)c1ccccc1[N+](=O)[O-]. The maximum Gasteiger partial charge on any atom is 0.289 e. The summed E-state index contributed by atoms with van der Waals surface area (Å²) in [5.74, 6) is 0. The summed E-state index contributed by atoms with van der Waals surface area (Å²) in [5, 5.41) is 10.3. The molecule has 0 saturated carbocycles. The molecule has 7 nitrogen and oxygen atoms in total. The summed E-state index contributed by atoms with van der Waals surface area (Å²) in [6.07, 6.45) is 0. The first-order valence-electron chi connectivity index (χ1n) is 7.20. The van der Waals surface area contributed by atoms with Gasteiger partial charge in [-0.15, -0.1) is 0 Å². The number of nitro benzene ring substituents is 1. The molecular weight excluding hydrogens is 368 g/mol. The van der Waals surface area contributed by atoms with E-state index in [1.807, 2.05) is 0 Å². The number of para-hydroxylation sites is 2. The molecule has 0 radical (unpaired) electrons. The molecule has 9 heteroatoms. The molecule has 2 aromatic rings. The van der Waals surface area contributed by atoms with Gasteiger partial charge >= 0.3 is 0 Å². The fourth-order valence-electron chi connectivity index (χ4n) is 2.38. The van der Waals surface area contributed by atoms with Crippen LogP contribution in [0.2, 0.25) is 0 Å². The number of carbonyl (C=O) groups excluding carboxylic acids is 1. The fourth-order valence-corrected chi connectivity index (χ4v) is 4.38. The zero-order valence-corrected chi connectivity index (χ0v) is 15.0. The topological polar surface area (TPSA) is 97.6 Å². The van der Waals surface area contributed by atoms with Crippen molar-refractivity contribution in [2.45, 2.75) is 24.8 Å². The minimum Gasteiger partial charge on any atom is -0.279 e. The maximum atomic E-state index is 13.2. The highest BCUT2D eigenvalue weighted by atomic mass is 35.5. The van der Waals surface area contributed by atoms with Gasteiger partial charge in [0.2, 0.25) is 5.24 Å². The van der Waals surface area contributed by atoms with Crippen LogP contribution in [-0.2, 0) is 14.8 Å². The number of halogens is 1. The number of sulfonamides is 1. The van der Waals surface area contributed by atoms with Crippen LogP contribution in [0.25, 0.3) is 0 Å². The molecule has 0 amide bonds. The van der Waals surface area contributed by atoms with Gasteiger partial charge in [-0.05, 0) is 43.1 Å². The van der Waals surface area contributed by atoms with E-state index in [1.54, 1.807) is 25.1 Å². The van der Waals surface area contributed by atoms with E-state index < -0.39 is 36.8 Å². The summed E-state index contributed by atoms with van der Waals surface area (Å²) < 4.78 is 27.2. The van der Waals surface area contributed by atoms with Crippen molar-refractivity contribution < 1.29 is 18.1 Å². The minimum absolute atomic E-state index is 0.224. The molecule has 2 aromatic carbocycles. The molecule has 2 rings (SSSR count). The van der Waals surface area contributed by atoms with Crippen molar-refractivity contribution >= 4 is 38.2 Å². The first kappa shape index (κ1) is 18.9. The Morgan fingerprint density at radius 3 is 2.28 bits per heavy atom. The van der Waals surface area contributed by atoms with Crippen LogP contribution in [0.3, 0.4) is 0 Å². The third-order valence-corrected chi connectivity index (χ3v) is 5.88. The van der Waals surface area contributed by atoms with Gasteiger partial charge in [-0.1, -0.05) is 30.3 Å². The average Bonchev–Trinajstić information content (AvgIpc) is 2.56. The van der Waals surface area contributed by atoms with Crippen molar-refractivity contribution in [3.63, 3.8) is 0 Å². The minimum atomic E-state index is -4.41. The Morgan fingerprint density at radius 2 is 1.72 bits per heavy atom. The third kappa shape index (κ3) is 3.64. The van der Waals surface area contributed by atoms with Crippen molar-refractivity contribution in [3.8, 4) is 0 Å². The lowest BCUT2D eigenvalue weighted by atomic mass is 10.2. The first-order valence-corrected chi connectivity index (χ1v) is 9.02. The third-order valence-electron chi connectivity index (χ3n) is 3.63. The molecule has 132 valence electrons. The summed E-state index contributed by atoms with van der Waals surface area (Å²) in [6.45, 7) is 3.00. The van der Waals surface area contributed by atoms with Gasteiger partial charge < -0.3 is 0 Å². The van der Waals surface area contributed by atoms with Crippen molar-refractivity contribution in [2.75, 3.05) is 4.31 Å². The Bertz CT molecular complexity index is 930. The van der Waals surface area contributed by atoms with Crippen molar-refractivity contribution in [1.82, 2.24) is 0 Å². The van der Waals surface area contributed by atoms with E-state index in [2.05, 4.69) is 0 Å². The number of carbonyl (C=O) groups is 1. The van der Waals surface area contributed by atoms with Gasteiger partial charge in [0, 0.05) is 6.07 Å². The standard InChI is InChI=1S/C16H15ClN2O5S/c1-11-7-3-4-8-13(11)18(12(2)16(17)20)25(23,24)15-10-6-5-9-14(15)19(21)22/h3-10,12H,1-2H3. The molecule has 0 N–H and O–H groups in total. The van der Waals surface area contributed by atoms with Crippen LogP contribution >= 0.6 is 11.6 Å². The zero-order valence-electron chi connectivity index (χ0n) is 13.4. The van der Waals surface area contributed by atoms with E-state index in [-0.39, 0.29) is 5.69 Å². The normalized spacial score (nSPS) is 12.4. The lowest BCUT2D eigenvalue weighted by Gasteiger charge is -2.29. The van der Waals surface area contributed by atoms with Gasteiger partial charge in [0.1, 0.15) is 6.04 Å². The molecule has 25 heavy (non-hydrogen) atoms. The van der Waals surface area contributed by atoms with Crippen LogP contribution in [0.1, 0.15) is 12.5 Å². The summed E-state index contributed by atoms with van der Waals surface area (Å²) in [5.41, 5.74) is 0.229. The van der Waals surface area contributed by atoms with Crippen LogP contribution in [0.15, 0.2) is 53.4 Å². The number of hydrogen-bond donors (Lipinski definition) is 0. The summed E-state index contributed by atoms with van der Waals surface area (Å²) in [7, 11) is -4.41. The molecule has 1 atom stereocenters. The highest BCUT2D eigenvalue weighted by molar-refractivity contribution is 7.93. The van der Waals surface area contributed by atoms with Crippen LogP contribution in [0.5, 0.6) is 0 Å². The molecular formula is C16H15ClN2O5S. The Balaban J connectivity index is 2.76. The average molecular weight is 383 g/mol. The number of hydrogen-bond acceptors (Lipinski definition) is 5. The molecule has 0 aliphatic rings. The molecule has 0 heterocycles. The highest BCUT2D eigenvalue weighted by Gasteiger charge is 2.37. The highest BCUT2D eigenvalue weighted by Crippen LogP contribution is 2.33. The molecule has 0 spiro atoms. The van der Waals surface area contributed by atoms with Crippen LogP contribution in [0.4, 0.5) is 11.4 Å². The van der Waals surface area contributed by atoms with Crippen molar-refractivity contribution in [3.05, 3.63) is 64.2 Å². The predicted octanol–water partition coefficient (Wildman–Crippen LogP) is 3.25. The quantitative estimate of drug-likeness (QED) is 0.434. The summed E-state index contributed by atoms with van der Waals surface area (Å²) in [4.78, 5) is 21.6. The van der Waals surface area contributed by atoms with Crippen LogP contribution < -0.4 is 4.31 Å². The molecule has 0 saturated heterocycles. The van der Waals surface area contributed by atoms with E-state index in [9.17, 15) is 23.3 Å². The van der Waals surface area contributed by atoms with E-state index in [0.29, 0.717) is 5.56 Å². The second-order valence-electron chi connectivity index (χ2n) is 5.29. The largest absolute Gasteiger partial charge is 0.289 e. The van der Waals surface area contributed by atoms with Crippen molar-refractivity contribution in [2.24, 2.45) is 0 Å². The number of aryl methyl sites for hydroxylation is 1. The Morgan fingerprint density at radius 1 is 1.16 bits per heavy atom. The van der Waals surface area contributed by atoms with Gasteiger partial charge in [-0.2, -0.15) is 0 Å². The fraction of sp³-hybridized carbons (Fsp3) is 0.188. The van der Waals surface area contributed by atoms with E-state index in [4.69, 9.17) is 11.6 Å². The first-order chi connectivity index (χ1) is 11.7. The molecule has 0 fully saturated rings. The number of nitro groups is 1. The summed E-state index contributed by atoms with van der Waals surface area (Å²) >= 11 is 5.54. The second-order valence-corrected chi connectivity index (χ2v) is 7.45. The van der Waals surface area contributed by atoms with Crippen molar-refractivity contribution in [1.29, 1.82) is 0 Å². The lowest BCUT2D eigenvalue weighted by Crippen LogP contribution is -2.42. The number of anilines is 1. The monoisotopic (exact) mass is 382 g/mol. The lowest BCUT2D eigenvalue weighted by molar-refractivity contribution is -0.387. The molecule has 0 aliphatic carbocycles. The van der Waals surface area contributed by atoms with E-state index in [0.717, 1.165) is 16.4 Å². The van der Waals surface area contributed by atoms with E-state index >= 15 is 0 Å². The second kappa shape index (κ2) is 7.20. The molecule has 0 bridgehead atoms. The summed E-state index contributed by atoms with van der Waals surface area (Å²) in [6, 6.07) is 10.2. The number of benzene rings is 2. The molecule has 0 aromatic heterocycles. The number of nitrogens with zero attached hydrogens (tertiary/aromatic N) is 2. The zero-order chi connectivity index (χ0) is 18.8. The maximum absolute atomic E-state index is 13.2. The van der Waals surface area contributed by atoms with Crippen LogP contribution in [0, 0.1) is 17.0 Å². The van der Waals surface area contributed by atoms with Gasteiger partial charge in [0.25, 0.3) is 15.7 Å². The van der Waals surface area contributed by atoms with Crippen LogP contribution in [-0.4, -0.2) is 24.6 Å². The van der Waals surface area contributed by atoms with Gasteiger partial charge in [-0.3, -0.25) is 19.2 Å². The van der Waals surface area contributed by atoms with Gasteiger partial charge in [0.15, 0.2) is 4.90 Å². The molecule has 1 unspecified atom stereocenters. The Labute approximate surface area is 150 Å².